The van der Waals surface area contributed by atoms with Gasteiger partial charge in [0.05, 0.1) is 12.8 Å². The van der Waals surface area contributed by atoms with E-state index in [1.54, 1.807) is 0 Å². The minimum atomic E-state index is -0.316. The average Bonchev–Trinajstić information content (AvgIpc) is 2.17. The molecule has 0 heterocycles. The van der Waals surface area contributed by atoms with E-state index < -0.39 is 0 Å². The minimum absolute atomic E-state index is 0.316. The van der Waals surface area contributed by atoms with Gasteiger partial charge in [0.2, 0.25) is 0 Å². The predicted octanol–water partition coefficient (Wildman–Crippen LogP) is 0.327. The number of aliphatic hydroxyl groups is 1. The van der Waals surface area contributed by atoms with E-state index in [4.69, 9.17) is 0 Å². The Balaban J connectivity index is 3.55. The zero-order valence-electron chi connectivity index (χ0n) is 9.37. The highest BCUT2D eigenvalue weighted by Crippen LogP contribution is 1.93. The lowest BCUT2D eigenvalue weighted by Gasteiger charge is -2.22. The molecular formula is C10H23N3O. The molecule has 0 aromatic carbocycles. The monoisotopic (exact) mass is 201 g/mol. The number of likely N-dealkylation sites (N-methyl/N-ethyl adjacent to an activating group) is 1. The summed E-state index contributed by atoms with van der Waals surface area (Å²) in [6.45, 7) is 11.5. The molecule has 0 unspecified atom stereocenters. The smallest absolute Gasteiger partial charge is 0.0878 e. The third kappa shape index (κ3) is 7.00. The first kappa shape index (κ1) is 13.5. The maximum Gasteiger partial charge on any atom is 0.0878 e. The van der Waals surface area contributed by atoms with E-state index >= 15 is 0 Å². The third-order valence-electron chi connectivity index (χ3n) is 2.06. The van der Waals surface area contributed by atoms with Crippen LogP contribution >= 0.6 is 0 Å². The topological polar surface area (TPSA) is 47.9 Å². The van der Waals surface area contributed by atoms with Crippen molar-refractivity contribution in [1.82, 2.24) is 10.2 Å². The van der Waals surface area contributed by atoms with Crippen LogP contribution < -0.4 is 5.32 Å². The van der Waals surface area contributed by atoms with Crippen LogP contribution in [0.25, 0.3) is 0 Å². The van der Waals surface area contributed by atoms with Gasteiger partial charge in [0, 0.05) is 13.1 Å². The maximum absolute atomic E-state index is 9.64. The van der Waals surface area contributed by atoms with Gasteiger partial charge in [-0.15, -0.1) is 0 Å². The second kappa shape index (κ2) is 9.12. The van der Waals surface area contributed by atoms with E-state index in [1.807, 2.05) is 0 Å². The Morgan fingerprint density at radius 3 is 2.71 bits per heavy atom. The Morgan fingerprint density at radius 1 is 1.50 bits per heavy atom. The number of hydrogen-bond acceptors (Lipinski definition) is 4. The number of nitrogens with zero attached hydrogens (tertiary/aromatic N) is 2. The highest BCUT2D eigenvalue weighted by Gasteiger charge is 2.08. The van der Waals surface area contributed by atoms with Gasteiger partial charge in [-0.2, -0.15) is 0 Å². The number of hydrogen-bond donors (Lipinski definition) is 2. The fraction of sp³-hybridized carbons (Fsp3) is 0.900. The maximum atomic E-state index is 9.64. The van der Waals surface area contributed by atoms with Crippen LogP contribution in [-0.4, -0.2) is 55.7 Å². The Hall–Kier alpha value is -0.450. The van der Waals surface area contributed by atoms with Crippen molar-refractivity contribution < 1.29 is 5.11 Å². The molecule has 0 amide bonds. The normalized spacial score (nSPS) is 13.1. The van der Waals surface area contributed by atoms with Crippen molar-refractivity contribution in [2.45, 2.75) is 26.4 Å². The van der Waals surface area contributed by atoms with Gasteiger partial charge in [-0.1, -0.05) is 13.8 Å². The first-order chi connectivity index (χ1) is 6.74. The summed E-state index contributed by atoms with van der Waals surface area (Å²) in [5.41, 5.74) is 0. The standard InChI is InChI=1S/C10H23N3O/c1-4-6-13(5-2)8-10(14)7-12-9-11-3/h10,12,14H,3-9H2,1-2H3/t10-/m0/s1. The van der Waals surface area contributed by atoms with E-state index in [0.29, 0.717) is 13.2 Å². The molecule has 4 nitrogen and oxygen atoms in total. The lowest BCUT2D eigenvalue weighted by Crippen LogP contribution is -2.38. The third-order valence-corrected chi connectivity index (χ3v) is 2.06. The van der Waals surface area contributed by atoms with Crippen molar-refractivity contribution in [3.8, 4) is 0 Å². The van der Waals surface area contributed by atoms with E-state index in [9.17, 15) is 5.11 Å². The van der Waals surface area contributed by atoms with Crippen LogP contribution in [0.1, 0.15) is 20.3 Å². The van der Waals surface area contributed by atoms with Gasteiger partial charge < -0.3 is 10.0 Å². The Kier molecular flexibility index (Phi) is 8.83. The van der Waals surface area contributed by atoms with Crippen LogP contribution in [0.15, 0.2) is 4.99 Å². The van der Waals surface area contributed by atoms with Crippen molar-refractivity contribution in [2.24, 2.45) is 4.99 Å². The first-order valence-electron chi connectivity index (χ1n) is 5.28. The summed E-state index contributed by atoms with van der Waals surface area (Å²) >= 11 is 0. The molecule has 0 fully saturated rings. The van der Waals surface area contributed by atoms with Crippen molar-refractivity contribution in [3.05, 3.63) is 0 Å². The van der Waals surface area contributed by atoms with Gasteiger partial charge in [0.15, 0.2) is 0 Å². The second-order valence-electron chi connectivity index (χ2n) is 3.38. The minimum Gasteiger partial charge on any atom is -0.390 e. The van der Waals surface area contributed by atoms with Crippen molar-refractivity contribution in [1.29, 1.82) is 0 Å². The van der Waals surface area contributed by atoms with Gasteiger partial charge in [-0.05, 0) is 26.2 Å². The summed E-state index contributed by atoms with van der Waals surface area (Å²) in [6, 6.07) is 0. The molecule has 2 N–H and O–H groups in total. The second-order valence-corrected chi connectivity index (χ2v) is 3.38. The molecule has 0 radical (unpaired) electrons. The molecule has 0 spiro atoms. The van der Waals surface area contributed by atoms with Crippen LogP contribution in [0.3, 0.4) is 0 Å². The highest BCUT2D eigenvalue weighted by atomic mass is 16.3. The molecule has 0 saturated heterocycles. The van der Waals surface area contributed by atoms with Crippen molar-refractivity contribution in [2.75, 3.05) is 32.8 Å². The van der Waals surface area contributed by atoms with E-state index in [2.05, 4.69) is 35.8 Å². The molecule has 0 aromatic heterocycles. The molecule has 0 aliphatic heterocycles. The summed E-state index contributed by atoms with van der Waals surface area (Å²) in [6.07, 6.45) is 0.811. The van der Waals surface area contributed by atoms with Crippen LogP contribution in [0.5, 0.6) is 0 Å². The molecule has 0 rings (SSSR count). The van der Waals surface area contributed by atoms with E-state index in [1.165, 1.54) is 0 Å². The summed E-state index contributed by atoms with van der Waals surface area (Å²) < 4.78 is 0. The number of aliphatic hydroxyl groups excluding tert-OH is 1. The largest absolute Gasteiger partial charge is 0.390 e. The number of aliphatic imine (C=N–C) groups is 1. The first-order valence-corrected chi connectivity index (χ1v) is 5.28. The number of nitrogens with one attached hydrogen (secondary N) is 1. The van der Waals surface area contributed by atoms with Gasteiger partial charge in [-0.3, -0.25) is 10.3 Å². The zero-order valence-corrected chi connectivity index (χ0v) is 9.37. The van der Waals surface area contributed by atoms with Gasteiger partial charge in [0.25, 0.3) is 0 Å². The summed E-state index contributed by atoms with van der Waals surface area (Å²) in [5, 5.41) is 12.6. The van der Waals surface area contributed by atoms with E-state index in [0.717, 1.165) is 26.1 Å². The molecule has 0 saturated carbocycles. The van der Waals surface area contributed by atoms with Crippen LogP contribution in [-0.2, 0) is 0 Å². The van der Waals surface area contributed by atoms with Crippen molar-refractivity contribution >= 4 is 6.72 Å². The molecular weight excluding hydrogens is 178 g/mol. The highest BCUT2D eigenvalue weighted by molar-refractivity contribution is 5.22. The van der Waals surface area contributed by atoms with Crippen molar-refractivity contribution in [3.63, 3.8) is 0 Å². The molecule has 84 valence electrons. The summed E-state index contributed by atoms with van der Waals surface area (Å²) in [7, 11) is 0. The van der Waals surface area contributed by atoms with Gasteiger partial charge >= 0.3 is 0 Å². The number of rotatable bonds is 9. The van der Waals surface area contributed by atoms with E-state index in [-0.39, 0.29) is 6.10 Å². The quantitative estimate of drug-likeness (QED) is 0.417. The lowest BCUT2D eigenvalue weighted by molar-refractivity contribution is 0.114. The lowest BCUT2D eigenvalue weighted by atomic mass is 10.3. The summed E-state index contributed by atoms with van der Waals surface area (Å²) in [5.74, 6) is 0. The van der Waals surface area contributed by atoms with Crippen LogP contribution in [0, 0.1) is 0 Å². The summed E-state index contributed by atoms with van der Waals surface area (Å²) in [4.78, 5) is 5.90. The predicted molar refractivity (Wildman–Crippen MR) is 60.8 cm³/mol. The SMILES string of the molecule is C=NCNC[C@H](O)CN(CC)CCC. The molecule has 14 heavy (non-hydrogen) atoms. The van der Waals surface area contributed by atoms with Crippen LogP contribution in [0.4, 0.5) is 0 Å². The van der Waals surface area contributed by atoms with Gasteiger partial charge in [0.1, 0.15) is 0 Å². The fourth-order valence-electron chi connectivity index (χ4n) is 1.37. The molecule has 0 aromatic rings. The Morgan fingerprint density at radius 2 is 2.21 bits per heavy atom. The molecule has 0 aliphatic carbocycles. The Bertz CT molecular complexity index is 141. The van der Waals surface area contributed by atoms with Gasteiger partial charge in [-0.25, -0.2) is 0 Å². The van der Waals surface area contributed by atoms with Crippen LogP contribution in [0.2, 0.25) is 0 Å². The molecule has 4 heteroatoms. The average molecular weight is 201 g/mol. The fourth-order valence-corrected chi connectivity index (χ4v) is 1.37. The molecule has 0 bridgehead atoms. The molecule has 1 atom stereocenters. The molecule has 0 aliphatic rings. The Labute approximate surface area is 87.0 Å². The zero-order chi connectivity index (χ0) is 10.8.